The fourth-order valence-corrected chi connectivity index (χ4v) is 3.99. The van der Waals surface area contributed by atoms with Crippen molar-refractivity contribution in [2.45, 2.75) is 6.54 Å². The van der Waals surface area contributed by atoms with Crippen LogP contribution in [-0.2, 0) is 16.1 Å². The van der Waals surface area contributed by atoms with Gasteiger partial charge in [0.15, 0.2) is 11.7 Å². The molecule has 0 radical (unpaired) electrons. The van der Waals surface area contributed by atoms with Crippen molar-refractivity contribution in [2.24, 2.45) is 0 Å². The highest BCUT2D eigenvalue weighted by Gasteiger charge is 2.24. The largest absolute Gasteiger partial charge is 0.452 e. The molecule has 34 heavy (non-hydrogen) atoms. The number of nitrogens with zero attached hydrogens (tertiary/aromatic N) is 2. The Labute approximate surface area is 197 Å². The predicted molar refractivity (Wildman–Crippen MR) is 122 cm³/mol. The van der Waals surface area contributed by atoms with Gasteiger partial charge in [0.2, 0.25) is 0 Å². The number of anilines is 1. The zero-order chi connectivity index (χ0) is 24.1. The number of rotatable bonds is 7. The topological polar surface area (TPSA) is 59.5 Å². The average Bonchev–Trinajstić information content (AvgIpc) is 3.32. The van der Waals surface area contributed by atoms with Gasteiger partial charge in [0, 0.05) is 10.9 Å². The second-order valence-electron chi connectivity index (χ2n) is 7.16. The van der Waals surface area contributed by atoms with Crippen LogP contribution >= 0.6 is 11.3 Å². The maximum atomic E-state index is 13.9. The number of carbonyl (C=O) groups is 2. The van der Waals surface area contributed by atoms with E-state index in [9.17, 15) is 22.8 Å². The molecular formula is C25H17F3N2O3S. The van der Waals surface area contributed by atoms with Crippen LogP contribution in [0.3, 0.4) is 0 Å². The number of benzene rings is 3. The van der Waals surface area contributed by atoms with Crippen LogP contribution < -0.4 is 4.90 Å². The number of halogens is 3. The van der Waals surface area contributed by atoms with Crippen LogP contribution in [0.25, 0.3) is 11.3 Å². The van der Waals surface area contributed by atoms with Gasteiger partial charge in [-0.25, -0.2) is 22.9 Å². The summed E-state index contributed by atoms with van der Waals surface area (Å²) in [6, 6.07) is 17.8. The summed E-state index contributed by atoms with van der Waals surface area (Å²) in [5.74, 6) is -4.46. The van der Waals surface area contributed by atoms with Gasteiger partial charge < -0.3 is 4.74 Å². The third-order valence-corrected chi connectivity index (χ3v) is 5.70. The lowest BCUT2D eigenvalue weighted by Gasteiger charge is -2.20. The van der Waals surface area contributed by atoms with E-state index >= 15 is 0 Å². The lowest BCUT2D eigenvalue weighted by atomic mass is 10.2. The molecule has 5 nitrogen and oxygen atoms in total. The molecule has 3 aromatic carbocycles. The fraction of sp³-hybridized carbons (Fsp3) is 0.0800. The smallest absolute Gasteiger partial charge is 0.344 e. The molecule has 0 spiro atoms. The summed E-state index contributed by atoms with van der Waals surface area (Å²) >= 11 is 1.18. The van der Waals surface area contributed by atoms with Gasteiger partial charge in [0.25, 0.3) is 5.91 Å². The van der Waals surface area contributed by atoms with Crippen molar-refractivity contribution in [1.82, 2.24) is 4.98 Å². The highest BCUT2D eigenvalue weighted by molar-refractivity contribution is 7.14. The quantitative estimate of drug-likeness (QED) is 0.321. The fourth-order valence-electron chi connectivity index (χ4n) is 3.14. The summed E-state index contributed by atoms with van der Waals surface area (Å²) in [5.41, 5.74) is 1.13. The van der Waals surface area contributed by atoms with Crippen LogP contribution in [-0.4, -0.2) is 23.5 Å². The number of thiazole rings is 1. The number of esters is 1. The minimum absolute atomic E-state index is 0.127. The third-order valence-electron chi connectivity index (χ3n) is 4.84. The van der Waals surface area contributed by atoms with Crippen LogP contribution in [0.5, 0.6) is 0 Å². The summed E-state index contributed by atoms with van der Waals surface area (Å²) in [6.07, 6.45) is 0. The predicted octanol–water partition coefficient (Wildman–Crippen LogP) is 5.62. The van der Waals surface area contributed by atoms with Crippen molar-refractivity contribution in [2.75, 3.05) is 11.5 Å². The molecule has 9 heteroatoms. The third kappa shape index (κ3) is 5.32. The summed E-state index contributed by atoms with van der Waals surface area (Å²) in [4.78, 5) is 31.0. The minimum atomic E-state index is -1.28. The molecule has 4 aromatic rings. The first-order valence-corrected chi connectivity index (χ1v) is 11.0. The average molecular weight is 482 g/mol. The van der Waals surface area contributed by atoms with E-state index < -0.39 is 35.7 Å². The first-order chi connectivity index (χ1) is 16.4. The maximum Gasteiger partial charge on any atom is 0.344 e. The van der Waals surface area contributed by atoms with Gasteiger partial charge in [-0.15, -0.1) is 11.3 Å². The summed E-state index contributed by atoms with van der Waals surface area (Å²) in [5, 5.41) is 2.04. The van der Waals surface area contributed by atoms with E-state index in [1.54, 1.807) is 17.5 Å². The number of aromatic nitrogens is 1. The normalized spacial score (nSPS) is 10.7. The number of hydrogen-bond acceptors (Lipinski definition) is 5. The van der Waals surface area contributed by atoms with E-state index in [1.807, 2.05) is 30.3 Å². The van der Waals surface area contributed by atoms with Crippen molar-refractivity contribution < 1.29 is 27.5 Å². The summed E-state index contributed by atoms with van der Waals surface area (Å²) in [6.45, 7) is -0.618. The molecule has 0 aliphatic heterocycles. The molecule has 0 unspecified atom stereocenters. The molecular weight excluding hydrogens is 465 g/mol. The molecule has 0 aliphatic rings. The van der Waals surface area contributed by atoms with E-state index in [0.29, 0.717) is 16.4 Å². The van der Waals surface area contributed by atoms with Gasteiger partial charge in [-0.3, -0.25) is 9.69 Å². The molecule has 0 saturated heterocycles. The van der Waals surface area contributed by atoms with Crippen LogP contribution in [0.4, 0.5) is 18.3 Å². The van der Waals surface area contributed by atoms with E-state index in [-0.39, 0.29) is 12.4 Å². The van der Waals surface area contributed by atoms with E-state index in [1.165, 1.54) is 28.4 Å². The van der Waals surface area contributed by atoms with Crippen LogP contribution in [0.15, 0.2) is 78.2 Å². The SMILES string of the molecule is O=C(OCC(=O)N(Cc1ccccc1)c1nc(-c2ccc(F)cc2)cs1)c1c(F)cccc1F. The Balaban J connectivity index is 1.56. The van der Waals surface area contributed by atoms with E-state index in [4.69, 9.17) is 4.74 Å². The molecule has 1 aromatic heterocycles. The zero-order valence-corrected chi connectivity index (χ0v) is 18.4. The van der Waals surface area contributed by atoms with Crippen molar-refractivity contribution in [3.8, 4) is 11.3 Å². The van der Waals surface area contributed by atoms with Gasteiger partial charge in [-0.2, -0.15) is 0 Å². The first-order valence-electron chi connectivity index (χ1n) is 10.1. The molecule has 0 aliphatic carbocycles. The molecule has 0 atom stereocenters. The van der Waals surface area contributed by atoms with Crippen molar-refractivity contribution >= 4 is 28.3 Å². The summed E-state index contributed by atoms with van der Waals surface area (Å²) < 4.78 is 45.9. The Morgan fingerprint density at radius 3 is 2.24 bits per heavy atom. The second kappa shape index (κ2) is 10.3. The van der Waals surface area contributed by atoms with Crippen LogP contribution in [0, 0.1) is 17.5 Å². The van der Waals surface area contributed by atoms with Gasteiger partial charge in [0.05, 0.1) is 12.2 Å². The molecule has 0 fully saturated rings. The van der Waals surface area contributed by atoms with Crippen molar-refractivity contribution in [1.29, 1.82) is 0 Å². The van der Waals surface area contributed by atoms with Gasteiger partial charge in [0.1, 0.15) is 23.0 Å². The van der Waals surface area contributed by atoms with Crippen LogP contribution in [0.2, 0.25) is 0 Å². The number of carbonyl (C=O) groups excluding carboxylic acids is 2. The standard InChI is InChI=1S/C25H17F3N2O3S/c26-18-11-9-17(10-12-18)21-15-34-25(29-21)30(13-16-5-2-1-3-6-16)22(31)14-33-24(32)23-19(27)7-4-8-20(23)28/h1-12,15H,13-14H2. The highest BCUT2D eigenvalue weighted by Crippen LogP contribution is 2.29. The lowest BCUT2D eigenvalue weighted by Crippen LogP contribution is -2.34. The Morgan fingerprint density at radius 2 is 1.56 bits per heavy atom. The van der Waals surface area contributed by atoms with E-state index in [0.717, 1.165) is 23.8 Å². The minimum Gasteiger partial charge on any atom is -0.452 e. The summed E-state index contributed by atoms with van der Waals surface area (Å²) in [7, 11) is 0. The second-order valence-corrected chi connectivity index (χ2v) is 8.00. The molecule has 0 N–H and O–H groups in total. The van der Waals surface area contributed by atoms with Crippen LogP contribution in [0.1, 0.15) is 15.9 Å². The Morgan fingerprint density at radius 1 is 0.882 bits per heavy atom. The number of hydrogen-bond donors (Lipinski definition) is 0. The Hall–Kier alpha value is -3.98. The molecule has 1 amide bonds. The van der Waals surface area contributed by atoms with Gasteiger partial charge in [-0.05, 0) is 42.0 Å². The Kier molecular flexibility index (Phi) is 7.03. The zero-order valence-electron chi connectivity index (χ0n) is 17.6. The first kappa shape index (κ1) is 23.2. The van der Waals surface area contributed by atoms with Crippen molar-refractivity contribution in [3.63, 3.8) is 0 Å². The van der Waals surface area contributed by atoms with Gasteiger partial charge >= 0.3 is 5.97 Å². The van der Waals surface area contributed by atoms with Gasteiger partial charge in [-0.1, -0.05) is 36.4 Å². The number of amides is 1. The molecule has 0 bridgehead atoms. The van der Waals surface area contributed by atoms with E-state index in [2.05, 4.69) is 4.98 Å². The molecule has 0 saturated carbocycles. The highest BCUT2D eigenvalue weighted by atomic mass is 32.1. The Bertz CT molecular complexity index is 1290. The molecule has 1 heterocycles. The van der Waals surface area contributed by atoms with Crippen molar-refractivity contribution in [3.05, 3.63) is 107 Å². The maximum absolute atomic E-state index is 13.9. The molecule has 4 rings (SSSR count). The number of ether oxygens (including phenoxy) is 1. The lowest BCUT2D eigenvalue weighted by molar-refractivity contribution is -0.121. The molecule has 172 valence electrons. The monoisotopic (exact) mass is 482 g/mol.